The zero-order chi connectivity index (χ0) is 26.5. The molecule has 196 valence electrons. The zero-order valence-electron chi connectivity index (χ0n) is 21.7. The van der Waals surface area contributed by atoms with Gasteiger partial charge in [0.05, 0.1) is 10.5 Å². The van der Waals surface area contributed by atoms with E-state index in [1.165, 1.54) is 5.69 Å². The molecule has 11 heteroatoms. The summed E-state index contributed by atoms with van der Waals surface area (Å²) < 4.78 is 1.87. The lowest BCUT2D eigenvalue weighted by Gasteiger charge is -2.35. The molecule has 0 atom stereocenters. The summed E-state index contributed by atoms with van der Waals surface area (Å²) in [7, 11) is 0. The van der Waals surface area contributed by atoms with E-state index >= 15 is 0 Å². The fourth-order valence-corrected chi connectivity index (χ4v) is 5.62. The molecule has 7 rings (SSSR count). The fraction of sp³-hybridized carbons (Fsp3) is 0.250. The van der Waals surface area contributed by atoms with Gasteiger partial charge in [0.15, 0.2) is 11.3 Å². The summed E-state index contributed by atoms with van der Waals surface area (Å²) >= 11 is 6.81. The normalized spacial score (nSPS) is 14.6. The minimum atomic E-state index is 0.501. The average Bonchev–Trinajstić information content (AvgIpc) is 3.61. The molecule has 5 heterocycles. The maximum Gasteiger partial charge on any atom is 0.229 e. The standard InChI is InChI=1S/C28H27ClN10/c1-3-37-10-12-38(13-11-37)20-6-4-19(5-7-20)34-28-30-15-18-14-22(27-36-31-16-39(27)26(18)35-28)21-8-9-23-25(24(21)29)33-17(2)32-23/h4-9,14-16H,3,10-13H2,1-2H3,(H,32,33)(H,30,34,35). The highest BCUT2D eigenvalue weighted by molar-refractivity contribution is 6.38. The molecule has 0 unspecified atom stereocenters. The number of hydrogen-bond donors (Lipinski definition) is 2. The number of H-pyrrole nitrogens is 1. The van der Waals surface area contributed by atoms with Crippen LogP contribution in [0, 0.1) is 6.92 Å². The number of rotatable bonds is 5. The van der Waals surface area contributed by atoms with E-state index in [9.17, 15) is 0 Å². The predicted octanol–water partition coefficient (Wildman–Crippen LogP) is 5.06. The Morgan fingerprint density at radius 3 is 2.59 bits per heavy atom. The number of aryl methyl sites for hydroxylation is 1. The first-order valence-corrected chi connectivity index (χ1v) is 13.4. The summed E-state index contributed by atoms with van der Waals surface area (Å²) in [4.78, 5) is 22.1. The minimum Gasteiger partial charge on any atom is -0.369 e. The summed E-state index contributed by atoms with van der Waals surface area (Å²) in [5, 5.41) is 13.3. The van der Waals surface area contributed by atoms with E-state index in [1.807, 2.05) is 29.5 Å². The van der Waals surface area contributed by atoms with Crippen LogP contribution in [0.25, 0.3) is 38.8 Å². The molecule has 2 N–H and O–H groups in total. The highest BCUT2D eigenvalue weighted by Crippen LogP contribution is 2.36. The number of nitrogens with one attached hydrogen (secondary N) is 2. The lowest BCUT2D eigenvalue weighted by atomic mass is 10.0. The van der Waals surface area contributed by atoms with E-state index in [0.29, 0.717) is 22.3 Å². The molecule has 10 nitrogen and oxygen atoms in total. The monoisotopic (exact) mass is 538 g/mol. The van der Waals surface area contributed by atoms with Crippen molar-refractivity contribution in [2.24, 2.45) is 0 Å². The Hall–Kier alpha value is -4.28. The third-order valence-electron chi connectivity index (χ3n) is 7.42. The van der Waals surface area contributed by atoms with Crippen LogP contribution in [0.4, 0.5) is 17.3 Å². The lowest BCUT2D eigenvalue weighted by molar-refractivity contribution is 0.271. The van der Waals surface area contributed by atoms with Crippen LogP contribution in [0.2, 0.25) is 5.02 Å². The number of halogens is 1. The summed E-state index contributed by atoms with van der Waals surface area (Å²) in [5.74, 6) is 1.31. The second kappa shape index (κ2) is 9.48. The molecule has 4 aromatic heterocycles. The maximum absolute atomic E-state index is 6.81. The van der Waals surface area contributed by atoms with Crippen molar-refractivity contribution >= 4 is 56.6 Å². The molecular weight excluding hydrogens is 512 g/mol. The van der Waals surface area contributed by atoms with Gasteiger partial charge in [-0.05, 0) is 49.9 Å². The number of piperazine rings is 1. The highest BCUT2D eigenvalue weighted by atomic mass is 35.5. The molecule has 1 aliphatic heterocycles. The van der Waals surface area contributed by atoms with Crippen molar-refractivity contribution in [1.29, 1.82) is 0 Å². The van der Waals surface area contributed by atoms with E-state index in [-0.39, 0.29) is 0 Å². The van der Waals surface area contributed by atoms with Gasteiger partial charge in [0, 0.05) is 60.3 Å². The zero-order valence-corrected chi connectivity index (χ0v) is 22.4. The average molecular weight is 539 g/mol. The number of pyridine rings is 1. The summed E-state index contributed by atoms with van der Waals surface area (Å²) in [6, 6.07) is 14.4. The summed E-state index contributed by atoms with van der Waals surface area (Å²) in [6.07, 6.45) is 3.47. The number of imidazole rings is 1. The molecule has 1 fully saturated rings. The van der Waals surface area contributed by atoms with Gasteiger partial charge in [-0.25, -0.2) is 9.97 Å². The number of nitrogens with zero attached hydrogens (tertiary/aromatic N) is 8. The van der Waals surface area contributed by atoms with Gasteiger partial charge in [-0.2, -0.15) is 4.98 Å². The fourth-order valence-electron chi connectivity index (χ4n) is 5.31. The van der Waals surface area contributed by atoms with E-state index in [0.717, 1.165) is 71.8 Å². The predicted molar refractivity (Wildman–Crippen MR) is 155 cm³/mol. The second-order valence-corrected chi connectivity index (χ2v) is 10.2. The van der Waals surface area contributed by atoms with Gasteiger partial charge in [-0.15, -0.1) is 10.2 Å². The number of hydrogen-bond acceptors (Lipinski definition) is 8. The third-order valence-corrected chi connectivity index (χ3v) is 7.80. The van der Waals surface area contributed by atoms with E-state index in [1.54, 1.807) is 12.5 Å². The van der Waals surface area contributed by atoms with E-state index < -0.39 is 0 Å². The molecule has 0 radical (unpaired) electrons. The van der Waals surface area contributed by atoms with Crippen molar-refractivity contribution < 1.29 is 0 Å². The van der Waals surface area contributed by atoms with Crippen molar-refractivity contribution in [2.45, 2.75) is 13.8 Å². The molecular formula is C28H27ClN10. The molecule has 2 aromatic carbocycles. The molecule has 0 bridgehead atoms. The molecule has 0 amide bonds. The molecule has 39 heavy (non-hydrogen) atoms. The Morgan fingerprint density at radius 1 is 0.974 bits per heavy atom. The number of anilines is 3. The first-order chi connectivity index (χ1) is 19.1. The van der Waals surface area contributed by atoms with Gasteiger partial charge in [0.2, 0.25) is 5.95 Å². The topological polar surface area (TPSA) is 103 Å². The van der Waals surface area contributed by atoms with Gasteiger partial charge >= 0.3 is 0 Å². The van der Waals surface area contributed by atoms with Crippen LogP contribution >= 0.6 is 11.6 Å². The molecule has 0 spiro atoms. The Bertz CT molecular complexity index is 1820. The Kier molecular flexibility index (Phi) is 5.79. The van der Waals surface area contributed by atoms with Crippen LogP contribution < -0.4 is 10.2 Å². The van der Waals surface area contributed by atoms with Gasteiger partial charge in [0.25, 0.3) is 0 Å². The Morgan fingerprint density at radius 2 is 1.79 bits per heavy atom. The number of likely N-dealkylation sites (N-methyl/N-ethyl adjacent to an activating group) is 1. The smallest absolute Gasteiger partial charge is 0.229 e. The van der Waals surface area contributed by atoms with E-state index in [2.05, 4.69) is 71.5 Å². The first-order valence-electron chi connectivity index (χ1n) is 13.1. The van der Waals surface area contributed by atoms with Crippen LogP contribution in [0.15, 0.2) is 55.0 Å². The summed E-state index contributed by atoms with van der Waals surface area (Å²) in [5.41, 5.74) is 6.82. The third kappa shape index (κ3) is 4.21. The first kappa shape index (κ1) is 23.8. The minimum absolute atomic E-state index is 0.501. The number of aromatic nitrogens is 7. The second-order valence-electron chi connectivity index (χ2n) is 9.79. The number of fused-ring (bicyclic) bond motifs is 4. The molecule has 1 aliphatic rings. The van der Waals surface area contributed by atoms with Crippen LogP contribution in [0.5, 0.6) is 0 Å². The van der Waals surface area contributed by atoms with Crippen LogP contribution in [-0.2, 0) is 0 Å². The number of aromatic amines is 1. The van der Waals surface area contributed by atoms with Crippen molar-refractivity contribution in [1.82, 2.24) is 39.4 Å². The summed E-state index contributed by atoms with van der Waals surface area (Å²) in [6.45, 7) is 9.54. The van der Waals surface area contributed by atoms with E-state index in [4.69, 9.17) is 16.6 Å². The lowest BCUT2D eigenvalue weighted by Crippen LogP contribution is -2.46. The Balaban J connectivity index is 1.19. The van der Waals surface area contributed by atoms with Crippen LogP contribution in [0.1, 0.15) is 12.7 Å². The quantitative estimate of drug-likeness (QED) is 0.314. The van der Waals surface area contributed by atoms with Gasteiger partial charge < -0.3 is 20.1 Å². The maximum atomic E-state index is 6.81. The molecule has 0 saturated carbocycles. The SMILES string of the molecule is CCN1CCN(c2ccc(Nc3ncc4cc(-c5ccc6[nH]c(C)nc6c5Cl)c5nncn5c4n3)cc2)CC1. The molecule has 6 aromatic rings. The van der Waals surface area contributed by atoms with Gasteiger partial charge in [-0.3, -0.25) is 4.40 Å². The number of benzene rings is 2. The molecule has 1 saturated heterocycles. The van der Waals surface area contributed by atoms with Gasteiger partial charge in [-0.1, -0.05) is 24.6 Å². The van der Waals surface area contributed by atoms with Crippen LogP contribution in [-0.4, -0.2) is 72.2 Å². The Labute approximate surface area is 229 Å². The van der Waals surface area contributed by atoms with Crippen LogP contribution in [0.3, 0.4) is 0 Å². The highest BCUT2D eigenvalue weighted by Gasteiger charge is 2.18. The van der Waals surface area contributed by atoms with Crippen molar-refractivity contribution in [2.75, 3.05) is 42.9 Å². The van der Waals surface area contributed by atoms with Crippen molar-refractivity contribution in [3.8, 4) is 11.1 Å². The molecule has 0 aliphatic carbocycles. The van der Waals surface area contributed by atoms with Crippen molar-refractivity contribution in [3.63, 3.8) is 0 Å². The van der Waals surface area contributed by atoms with Crippen molar-refractivity contribution in [3.05, 3.63) is 65.8 Å². The van der Waals surface area contributed by atoms with Gasteiger partial charge in [0.1, 0.15) is 17.7 Å². The largest absolute Gasteiger partial charge is 0.369 e.